The molecule has 2 aromatic carbocycles. The summed E-state index contributed by atoms with van der Waals surface area (Å²) < 4.78 is 44.0. The fourth-order valence-electron chi connectivity index (χ4n) is 1.72. The molecule has 2 nitrogen and oxygen atoms in total. The van der Waals surface area contributed by atoms with Gasteiger partial charge in [0, 0.05) is 0 Å². The van der Waals surface area contributed by atoms with Gasteiger partial charge in [-0.1, -0.05) is 29.5 Å². The number of benzene rings is 2. The van der Waals surface area contributed by atoms with Gasteiger partial charge < -0.3 is 4.74 Å². The van der Waals surface area contributed by atoms with Crippen molar-refractivity contribution in [3.05, 3.63) is 54.1 Å². The molecule has 0 spiro atoms. The first-order chi connectivity index (χ1) is 9.52. The molecular formula is C14H8F3NOS. The van der Waals surface area contributed by atoms with Crippen LogP contribution in [0, 0.1) is 0 Å². The van der Waals surface area contributed by atoms with Crippen LogP contribution in [0.1, 0.15) is 5.56 Å². The zero-order valence-corrected chi connectivity index (χ0v) is 10.8. The zero-order valence-electron chi connectivity index (χ0n) is 10.0. The molecule has 0 saturated heterocycles. The highest BCUT2D eigenvalue weighted by Gasteiger charge is 2.30. The third kappa shape index (κ3) is 2.60. The summed E-state index contributed by atoms with van der Waals surface area (Å²) in [6, 6.07) is 12.5. The van der Waals surface area contributed by atoms with E-state index in [1.165, 1.54) is 17.4 Å². The van der Waals surface area contributed by atoms with Crippen LogP contribution in [-0.4, -0.2) is 4.98 Å². The molecule has 1 heterocycles. The molecule has 0 radical (unpaired) electrons. The Labute approximate surface area is 116 Å². The average Bonchev–Trinajstić information content (AvgIpc) is 2.80. The van der Waals surface area contributed by atoms with Crippen LogP contribution in [0.3, 0.4) is 0 Å². The number of ether oxygens (including phenoxy) is 1. The molecular weight excluding hydrogens is 287 g/mol. The summed E-state index contributed by atoms with van der Waals surface area (Å²) in [5, 5.41) is 0.325. The Morgan fingerprint density at radius 2 is 1.75 bits per heavy atom. The highest BCUT2D eigenvalue weighted by molar-refractivity contribution is 7.20. The maximum absolute atomic E-state index is 12.6. The molecule has 0 bridgehead atoms. The number of alkyl halides is 3. The molecule has 6 heteroatoms. The van der Waals surface area contributed by atoms with Gasteiger partial charge >= 0.3 is 6.18 Å². The third-order valence-electron chi connectivity index (χ3n) is 2.64. The molecule has 0 aliphatic heterocycles. The molecule has 0 N–H and O–H groups in total. The first-order valence-corrected chi connectivity index (χ1v) is 6.55. The van der Waals surface area contributed by atoms with Gasteiger partial charge in [-0.25, -0.2) is 4.98 Å². The number of nitrogens with zero attached hydrogens (tertiary/aromatic N) is 1. The van der Waals surface area contributed by atoms with Crippen molar-refractivity contribution in [2.45, 2.75) is 6.18 Å². The van der Waals surface area contributed by atoms with Gasteiger partial charge in [-0.05, 0) is 30.3 Å². The number of fused-ring (bicyclic) bond motifs is 1. The minimum atomic E-state index is -4.36. The van der Waals surface area contributed by atoms with E-state index >= 15 is 0 Å². The van der Waals surface area contributed by atoms with Crippen molar-refractivity contribution in [1.29, 1.82) is 0 Å². The van der Waals surface area contributed by atoms with Gasteiger partial charge in [0.15, 0.2) is 0 Å². The SMILES string of the molecule is FC(F)(F)c1ccc2sc(Oc3ccccc3)nc2c1. The van der Waals surface area contributed by atoms with Crippen molar-refractivity contribution in [2.24, 2.45) is 0 Å². The van der Waals surface area contributed by atoms with Crippen LogP contribution in [0.5, 0.6) is 10.9 Å². The number of hydrogen-bond acceptors (Lipinski definition) is 3. The largest absolute Gasteiger partial charge is 0.431 e. The number of para-hydroxylation sites is 1. The first-order valence-electron chi connectivity index (χ1n) is 5.73. The van der Waals surface area contributed by atoms with Crippen LogP contribution < -0.4 is 4.74 Å². The van der Waals surface area contributed by atoms with Crippen LogP contribution >= 0.6 is 11.3 Å². The maximum Gasteiger partial charge on any atom is 0.416 e. The zero-order chi connectivity index (χ0) is 14.2. The molecule has 0 saturated carbocycles. The van der Waals surface area contributed by atoms with Crippen LogP contribution in [-0.2, 0) is 6.18 Å². The van der Waals surface area contributed by atoms with Gasteiger partial charge in [-0.15, -0.1) is 0 Å². The molecule has 3 rings (SSSR count). The normalized spacial score (nSPS) is 11.8. The maximum atomic E-state index is 12.6. The van der Waals surface area contributed by atoms with Gasteiger partial charge in [0.1, 0.15) is 5.75 Å². The highest BCUT2D eigenvalue weighted by Crippen LogP contribution is 2.35. The first kappa shape index (κ1) is 12.9. The molecule has 0 atom stereocenters. The van der Waals surface area contributed by atoms with Gasteiger partial charge in [-0.3, -0.25) is 0 Å². The highest BCUT2D eigenvalue weighted by atomic mass is 32.1. The van der Waals surface area contributed by atoms with Crippen molar-refractivity contribution in [3.63, 3.8) is 0 Å². The molecule has 3 aromatic rings. The lowest BCUT2D eigenvalue weighted by Gasteiger charge is -2.04. The van der Waals surface area contributed by atoms with Crippen molar-refractivity contribution < 1.29 is 17.9 Å². The molecule has 1 aromatic heterocycles. The summed E-state index contributed by atoms with van der Waals surface area (Å²) in [4.78, 5) is 4.08. The summed E-state index contributed by atoms with van der Waals surface area (Å²) in [6.07, 6.45) is -4.36. The smallest absolute Gasteiger partial charge is 0.416 e. The van der Waals surface area contributed by atoms with E-state index in [9.17, 15) is 13.2 Å². The lowest BCUT2D eigenvalue weighted by Crippen LogP contribution is -2.03. The monoisotopic (exact) mass is 295 g/mol. The van der Waals surface area contributed by atoms with E-state index < -0.39 is 11.7 Å². The Morgan fingerprint density at radius 3 is 2.45 bits per heavy atom. The predicted molar refractivity (Wildman–Crippen MR) is 71.1 cm³/mol. The van der Waals surface area contributed by atoms with E-state index in [1.54, 1.807) is 12.1 Å². The fraction of sp³-hybridized carbons (Fsp3) is 0.0714. The predicted octanol–water partition coefficient (Wildman–Crippen LogP) is 5.11. The summed E-state index contributed by atoms with van der Waals surface area (Å²) >= 11 is 1.21. The number of aromatic nitrogens is 1. The Morgan fingerprint density at radius 1 is 1.00 bits per heavy atom. The van der Waals surface area contributed by atoms with Crippen LogP contribution in [0.2, 0.25) is 0 Å². The van der Waals surface area contributed by atoms with E-state index in [0.717, 1.165) is 12.1 Å². The van der Waals surface area contributed by atoms with Crippen molar-refractivity contribution in [3.8, 4) is 10.9 Å². The van der Waals surface area contributed by atoms with Gasteiger partial charge in [0.05, 0.1) is 15.8 Å². The lowest BCUT2D eigenvalue weighted by molar-refractivity contribution is -0.137. The number of hydrogen-bond donors (Lipinski definition) is 0. The van der Waals surface area contributed by atoms with Gasteiger partial charge in [0.25, 0.3) is 5.19 Å². The van der Waals surface area contributed by atoms with Crippen LogP contribution in [0.4, 0.5) is 13.2 Å². The number of thiazole rings is 1. The summed E-state index contributed by atoms with van der Waals surface area (Å²) in [5.41, 5.74) is -0.419. The Hall–Kier alpha value is -2.08. The van der Waals surface area contributed by atoms with Crippen molar-refractivity contribution in [1.82, 2.24) is 4.98 Å². The molecule has 0 aliphatic rings. The Kier molecular flexibility index (Phi) is 3.10. The van der Waals surface area contributed by atoms with Crippen molar-refractivity contribution in [2.75, 3.05) is 0 Å². The van der Waals surface area contributed by atoms with E-state index in [2.05, 4.69) is 4.98 Å². The second kappa shape index (κ2) is 4.79. The van der Waals surface area contributed by atoms with E-state index in [0.29, 0.717) is 15.6 Å². The molecule has 0 aliphatic carbocycles. The molecule has 102 valence electrons. The minimum Gasteiger partial charge on any atom is -0.431 e. The fourth-order valence-corrected chi connectivity index (χ4v) is 2.53. The standard InChI is InChI=1S/C14H8F3NOS/c15-14(16,17)9-6-7-12-11(8-9)18-13(20-12)19-10-4-2-1-3-5-10/h1-8H. The van der Waals surface area contributed by atoms with E-state index in [4.69, 9.17) is 4.74 Å². The molecule has 0 unspecified atom stereocenters. The molecule has 0 amide bonds. The lowest BCUT2D eigenvalue weighted by atomic mass is 10.2. The Balaban J connectivity index is 1.95. The van der Waals surface area contributed by atoms with Crippen molar-refractivity contribution >= 4 is 21.6 Å². The van der Waals surface area contributed by atoms with E-state index in [-0.39, 0.29) is 5.52 Å². The summed E-state index contributed by atoms with van der Waals surface area (Å²) in [5.74, 6) is 0.600. The third-order valence-corrected chi connectivity index (χ3v) is 3.56. The topological polar surface area (TPSA) is 22.1 Å². The quantitative estimate of drug-likeness (QED) is 0.655. The summed E-state index contributed by atoms with van der Waals surface area (Å²) in [7, 11) is 0. The second-order valence-electron chi connectivity index (χ2n) is 4.08. The Bertz CT molecular complexity index is 737. The number of halogens is 3. The van der Waals surface area contributed by atoms with Crippen LogP contribution in [0.15, 0.2) is 48.5 Å². The average molecular weight is 295 g/mol. The van der Waals surface area contributed by atoms with E-state index in [1.807, 2.05) is 18.2 Å². The second-order valence-corrected chi connectivity index (χ2v) is 5.07. The molecule has 0 fully saturated rings. The number of rotatable bonds is 2. The van der Waals surface area contributed by atoms with Crippen LogP contribution in [0.25, 0.3) is 10.2 Å². The minimum absolute atomic E-state index is 0.288. The van der Waals surface area contributed by atoms with Gasteiger partial charge in [0.2, 0.25) is 0 Å². The van der Waals surface area contributed by atoms with Gasteiger partial charge in [-0.2, -0.15) is 13.2 Å². The molecule has 20 heavy (non-hydrogen) atoms. The summed E-state index contributed by atoms with van der Waals surface area (Å²) in [6.45, 7) is 0.